The van der Waals surface area contributed by atoms with Crippen LogP contribution in [0.4, 0.5) is 18.9 Å². The van der Waals surface area contributed by atoms with Gasteiger partial charge in [0.2, 0.25) is 0 Å². The Morgan fingerprint density at radius 1 is 1.21 bits per heavy atom. The molecule has 1 aliphatic rings. The molecule has 0 radical (unpaired) electrons. The maximum Gasteiger partial charge on any atom is 0.254 e. The molecule has 0 fully saturated rings. The number of aliphatic imine (C=N–C) groups is 1. The van der Waals surface area contributed by atoms with E-state index >= 15 is 0 Å². The quantitative estimate of drug-likeness (QED) is 0.373. The number of rotatable bonds is 7. The number of ether oxygens (including phenoxy) is 1. The average Bonchev–Trinajstić information content (AvgIpc) is 2.81. The molecule has 9 heteroatoms. The molecule has 2 atom stereocenters. The molecule has 3 rings (SSSR count). The van der Waals surface area contributed by atoms with Gasteiger partial charge in [-0.25, -0.2) is 18.2 Å². The average molecular weight is 488 g/mol. The van der Waals surface area contributed by atoms with Crippen LogP contribution < -0.4 is 10.1 Å². The molecule has 1 aliphatic heterocycles. The van der Waals surface area contributed by atoms with Crippen molar-refractivity contribution in [3.05, 3.63) is 70.7 Å². The fraction of sp³-hybridized carbons (Fsp3) is 0.320. The van der Waals surface area contributed by atoms with E-state index in [1.54, 1.807) is 31.2 Å². The van der Waals surface area contributed by atoms with E-state index in [4.69, 9.17) is 4.74 Å². The van der Waals surface area contributed by atoms with E-state index in [-0.39, 0.29) is 16.8 Å². The van der Waals surface area contributed by atoms with Crippen LogP contribution in [0.15, 0.2) is 52.7 Å². The molecule has 178 valence electrons. The van der Waals surface area contributed by atoms with Gasteiger partial charge in [0.15, 0.2) is 11.6 Å². The number of carbonyl (C=O) groups excluding carboxylic acids is 1. The SMILES string of the molecule is CCCCSC1=NC(C)=C(C(=O)Nc2ccccc2OC)C(c2cc(F)c(F)cc2F)C1C#N. The normalized spacial score (nSPS) is 17.7. The second-order valence-corrected chi connectivity index (χ2v) is 8.79. The van der Waals surface area contributed by atoms with Crippen molar-refractivity contribution < 1.29 is 22.7 Å². The molecule has 2 unspecified atom stereocenters. The lowest BCUT2D eigenvalue weighted by atomic mass is 9.78. The van der Waals surface area contributed by atoms with Crippen molar-refractivity contribution in [2.24, 2.45) is 10.9 Å². The fourth-order valence-electron chi connectivity index (χ4n) is 3.76. The number of nitrogens with zero attached hydrogens (tertiary/aromatic N) is 2. The summed E-state index contributed by atoms with van der Waals surface area (Å²) in [6.45, 7) is 3.60. The van der Waals surface area contributed by atoms with Crippen molar-refractivity contribution in [1.82, 2.24) is 0 Å². The number of amides is 1. The van der Waals surface area contributed by atoms with Crippen LogP contribution in [0.3, 0.4) is 0 Å². The van der Waals surface area contributed by atoms with Crippen LogP contribution in [0.25, 0.3) is 0 Å². The van der Waals surface area contributed by atoms with Crippen LogP contribution >= 0.6 is 11.8 Å². The highest BCUT2D eigenvalue weighted by atomic mass is 32.2. The molecule has 1 N–H and O–H groups in total. The summed E-state index contributed by atoms with van der Waals surface area (Å²) in [6, 6.07) is 9.96. The van der Waals surface area contributed by atoms with Gasteiger partial charge in [-0.2, -0.15) is 5.26 Å². The van der Waals surface area contributed by atoms with Gasteiger partial charge >= 0.3 is 0 Å². The monoisotopic (exact) mass is 487 g/mol. The zero-order valence-electron chi connectivity index (χ0n) is 19.0. The number of anilines is 1. The third-order valence-corrected chi connectivity index (χ3v) is 6.57. The van der Waals surface area contributed by atoms with Gasteiger partial charge in [0.25, 0.3) is 5.91 Å². The number of carbonyl (C=O) groups is 1. The zero-order chi connectivity index (χ0) is 24.8. The predicted octanol–water partition coefficient (Wildman–Crippen LogP) is 6.19. The molecule has 0 bridgehead atoms. The van der Waals surface area contributed by atoms with Gasteiger partial charge in [0.1, 0.15) is 17.5 Å². The summed E-state index contributed by atoms with van der Waals surface area (Å²) in [5.74, 6) is -5.46. The first-order valence-corrected chi connectivity index (χ1v) is 11.7. The van der Waals surface area contributed by atoms with Crippen molar-refractivity contribution >= 4 is 28.4 Å². The molecule has 0 aliphatic carbocycles. The van der Waals surface area contributed by atoms with E-state index in [0.29, 0.717) is 34.4 Å². The summed E-state index contributed by atoms with van der Waals surface area (Å²) in [6.07, 6.45) is 1.80. The van der Waals surface area contributed by atoms with Crippen molar-refractivity contribution in [1.29, 1.82) is 5.26 Å². The molecule has 1 heterocycles. The molecular formula is C25H24F3N3O2S. The summed E-state index contributed by atoms with van der Waals surface area (Å²) in [7, 11) is 1.45. The van der Waals surface area contributed by atoms with Crippen molar-refractivity contribution in [3.63, 3.8) is 0 Å². The molecule has 2 aromatic rings. The Morgan fingerprint density at radius 3 is 2.59 bits per heavy atom. The lowest BCUT2D eigenvalue weighted by Crippen LogP contribution is -2.32. The Morgan fingerprint density at radius 2 is 1.91 bits per heavy atom. The number of allylic oxidation sites excluding steroid dienone is 1. The van der Waals surface area contributed by atoms with E-state index in [2.05, 4.69) is 16.4 Å². The molecule has 5 nitrogen and oxygen atoms in total. The van der Waals surface area contributed by atoms with Gasteiger partial charge in [0, 0.05) is 28.8 Å². The van der Waals surface area contributed by atoms with E-state index in [9.17, 15) is 23.2 Å². The van der Waals surface area contributed by atoms with Crippen LogP contribution in [-0.2, 0) is 4.79 Å². The van der Waals surface area contributed by atoms with Crippen LogP contribution in [0.1, 0.15) is 38.2 Å². The smallest absolute Gasteiger partial charge is 0.254 e. The third kappa shape index (κ3) is 5.28. The summed E-state index contributed by atoms with van der Waals surface area (Å²) in [5.41, 5.74) is 0.355. The number of nitriles is 1. The second-order valence-electron chi connectivity index (χ2n) is 7.68. The molecule has 0 aromatic heterocycles. The van der Waals surface area contributed by atoms with Gasteiger partial charge in [0.05, 0.1) is 23.9 Å². The summed E-state index contributed by atoms with van der Waals surface area (Å²) >= 11 is 1.35. The Balaban J connectivity index is 2.13. The Hall–Kier alpha value is -3.25. The number of methoxy groups -OCH3 is 1. The third-order valence-electron chi connectivity index (χ3n) is 5.44. The van der Waals surface area contributed by atoms with Gasteiger partial charge in [-0.05, 0) is 37.3 Å². The first kappa shape index (κ1) is 25.4. The maximum absolute atomic E-state index is 14.9. The minimum Gasteiger partial charge on any atom is -0.495 e. The number of thioether (sulfide) groups is 1. The molecule has 0 spiro atoms. The first-order chi connectivity index (χ1) is 16.3. The molecule has 2 aromatic carbocycles. The largest absolute Gasteiger partial charge is 0.495 e. The second kappa shape index (κ2) is 11.3. The first-order valence-electron chi connectivity index (χ1n) is 10.7. The van der Waals surface area contributed by atoms with Crippen LogP contribution in [0.2, 0.25) is 0 Å². The number of nitrogens with one attached hydrogen (secondary N) is 1. The molecule has 34 heavy (non-hydrogen) atoms. The number of unbranched alkanes of at least 4 members (excludes halogenated alkanes) is 1. The molecule has 0 saturated carbocycles. The number of para-hydroxylation sites is 2. The van der Waals surface area contributed by atoms with Gasteiger partial charge in [-0.15, -0.1) is 11.8 Å². The Labute approximate surface area is 200 Å². The van der Waals surface area contributed by atoms with Crippen LogP contribution in [0.5, 0.6) is 5.75 Å². The zero-order valence-corrected chi connectivity index (χ0v) is 19.8. The number of hydrogen-bond donors (Lipinski definition) is 1. The van der Waals surface area contributed by atoms with Crippen LogP contribution in [0, 0.1) is 34.7 Å². The minimum atomic E-state index is -1.35. The predicted molar refractivity (Wildman–Crippen MR) is 127 cm³/mol. The van der Waals surface area contributed by atoms with Crippen molar-refractivity contribution in [3.8, 4) is 11.8 Å². The highest BCUT2D eigenvalue weighted by molar-refractivity contribution is 8.14. The maximum atomic E-state index is 14.9. The summed E-state index contributed by atoms with van der Waals surface area (Å²) < 4.78 is 48.0. The van der Waals surface area contributed by atoms with Gasteiger partial charge in [-0.3, -0.25) is 4.79 Å². The minimum absolute atomic E-state index is 0.00204. The fourth-order valence-corrected chi connectivity index (χ4v) is 4.97. The summed E-state index contributed by atoms with van der Waals surface area (Å²) in [4.78, 5) is 17.9. The Bertz CT molecular complexity index is 1190. The highest BCUT2D eigenvalue weighted by Gasteiger charge is 2.40. The number of benzene rings is 2. The van der Waals surface area contributed by atoms with E-state index in [0.717, 1.165) is 12.8 Å². The van der Waals surface area contributed by atoms with Gasteiger partial charge < -0.3 is 10.1 Å². The van der Waals surface area contributed by atoms with Crippen molar-refractivity contribution in [2.75, 3.05) is 18.2 Å². The lowest BCUT2D eigenvalue weighted by molar-refractivity contribution is -0.113. The topological polar surface area (TPSA) is 74.5 Å². The van der Waals surface area contributed by atoms with Crippen molar-refractivity contribution in [2.45, 2.75) is 32.6 Å². The number of halogens is 3. The summed E-state index contributed by atoms with van der Waals surface area (Å²) in [5, 5.41) is 13.1. The van der Waals surface area contributed by atoms with Crippen LogP contribution in [-0.4, -0.2) is 23.8 Å². The van der Waals surface area contributed by atoms with E-state index < -0.39 is 35.2 Å². The number of hydrogen-bond acceptors (Lipinski definition) is 5. The molecular weight excluding hydrogens is 463 g/mol. The lowest BCUT2D eigenvalue weighted by Gasteiger charge is -2.30. The van der Waals surface area contributed by atoms with Gasteiger partial charge in [-0.1, -0.05) is 25.5 Å². The van der Waals surface area contributed by atoms with E-state index in [1.165, 1.54) is 18.9 Å². The highest BCUT2D eigenvalue weighted by Crippen LogP contribution is 2.43. The molecule has 0 saturated heterocycles. The standard InChI is InChI=1S/C25H24F3N3O2S/c1-4-5-10-34-25-16(13-29)23(15-11-18(27)19(28)12-17(15)26)22(14(2)30-25)24(32)31-20-8-6-7-9-21(20)33-3/h6-9,11-12,16,23H,4-5,10H2,1-3H3,(H,31,32). The molecule has 1 amide bonds. The Kier molecular flexibility index (Phi) is 8.40. The van der Waals surface area contributed by atoms with E-state index in [1.807, 2.05) is 6.92 Å².